The molecular weight excluding hydrogens is 250 g/mol. The Morgan fingerprint density at radius 1 is 0.611 bits per heavy atom. The molecule has 0 fully saturated rings. The molecule has 0 aromatic heterocycles. The zero-order valence-electron chi connectivity index (χ0n) is 12.1. The quantitative estimate of drug-likeness (QED) is 0.285. The van der Waals surface area contributed by atoms with Gasteiger partial charge in [-0.3, -0.25) is 0 Å². The van der Waals surface area contributed by atoms with Gasteiger partial charge in [-0.25, -0.2) is 0 Å². The molecule has 1 atom stereocenters. The number of unbranched alkanes of at least 4 members (excludes halogenated alkanes) is 9. The molecule has 0 heterocycles. The van der Waals surface area contributed by atoms with Crippen LogP contribution in [0.15, 0.2) is 0 Å². The molecule has 0 saturated heterocycles. The second-order valence-corrected chi connectivity index (χ2v) is 7.04. The maximum absolute atomic E-state index is 9.64. The Morgan fingerprint density at radius 3 is 1.50 bits per heavy atom. The molecule has 0 amide bonds. The second-order valence-electron chi connectivity index (χ2n) is 5.14. The zero-order chi connectivity index (χ0) is 12.8. The third-order valence-corrected chi connectivity index (χ3v) is 5.05. The molecule has 0 bridgehead atoms. The van der Waals surface area contributed by atoms with E-state index in [9.17, 15) is 4.89 Å². The first-order valence-electron chi connectivity index (χ1n) is 7.75. The Balaban J connectivity index is 0. The van der Waals surface area contributed by atoms with Gasteiger partial charge in [-0.1, -0.05) is 78.1 Å². The van der Waals surface area contributed by atoms with E-state index >= 15 is 0 Å². The van der Waals surface area contributed by atoms with Crippen LogP contribution in [-0.4, -0.2) is 46.8 Å². The van der Waals surface area contributed by atoms with E-state index in [2.05, 4.69) is 13.8 Å². The van der Waals surface area contributed by atoms with E-state index in [-0.39, 0.29) is 29.6 Å². The van der Waals surface area contributed by atoms with E-state index < -0.39 is 8.15 Å². The van der Waals surface area contributed by atoms with E-state index in [1.807, 2.05) is 0 Å². The fraction of sp³-hybridized carbons (Fsp3) is 1.00. The van der Waals surface area contributed by atoms with E-state index in [1.54, 1.807) is 0 Å². The van der Waals surface area contributed by atoms with Crippen molar-refractivity contribution in [1.29, 1.82) is 0 Å². The molecule has 106 valence electrons. The molecule has 1 nitrogen and oxygen atoms in total. The standard InChI is InChI=1S/C15H33OP.Na.H/c1-3-5-6-7-8-9-10-11-12-13-15-17(16)14-4-2;;/h16H,3-15H2,1-2H3;;. The summed E-state index contributed by atoms with van der Waals surface area (Å²) in [5, 5.41) is 0. The summed E-state index contributed by atoms with van der Waals surface area (Å²) in [5.41, 5.74) is 0. The van der Waals surface area contributed by atoms with Crippen LogP contribution in [0, 0.1) is 0 Å². The van der Waals surface area contributed by atoms with E-state index in [0.29, 0.717) is 0 Å². The van der Waals surface area contributed by atoms with Crippen molar-refractivity contribution in [2.45, 2.75) is 84.5 Å². The Kier molecular flexibility index (Phi) is 22.2. The van der Waals surface area contributed by atoms with Crippen LogP contribution in [0.5, 0.6) is 0 Å². The number of hydrogen-bond acceptors (Lipinski definition) is 1. The van der Waals surface area contributed by atoms with Crippen molar-refractivity contribution in [2.24, 2.45) is 0 Å². The third kappa shape index (κ3) is 17.4. The summed E-state index contributed by atoms with van der Waals surface area (Å²) in [7, 11) is -0.615. The van der Waals surface area contributed by atoms with Gasteiger partial charge in [0.2, 0.25) is 0 Å². The fourth-order valence-corrected chi connectivity index (χ4v) is 3.48. The van der Waals surface area contributed by atoms with Crippen molar-refractivity contribution in [3.8, 4) is 0 Å². The number of rotatable bonds is 13. The molecule has 0 rings (SSSR count). The van der Waals surface area contributed by atoms with Crippen molar-refractivity contribution in [2.75, 3.05) is 12.3 Å². The minimum absolute atomic E-state index is 0. The predicted octanol–water partition coefficient (Wildman–Crippen LogP) is 5.06. The molecular formula is C15H34NaOP. The first-order chi connectivity index (χ1) is 8.31. The molecule has 0 aliphatic rings. The summed E-state index contributed by atoms with van der Waals surface area (Å²) in [6.07, 6.45) is 17.1. The number of hydrogen-bond donors (Lipinski definition) is 1. The van der Waals surface area contributed by atoms with E-state index in [4.69, 9.17) is 0 Å². The topological polar surface area (TPSA) is 20.2 Å². The van der Waals surface area contributed by atoms with Gasteiger partial charge in [0, 0.05) is 8.15 Å². The molecule has 0 radical (unpaired) electrons. The molecule has 0 aromatic carbocycles. The molecule has 1 unspecified atom stereocenters. The van der Waals surface area contributed by atoms with E-state index in [0.717, 1.165) is 18.7 Å². The van der Waals surface area contributed by atoms with Gasteiger partial charge >= 0.3 is 29.6 Å². The summed E-state index contributed by atoms with van der Waals surface area (Å²) in [4.78, 5) is 9.64. The van der Waals surface area contributed by atoms with Crippen LogP contribution in [0.3, 0.4) is 0 Å². The molecule has 0 aromatic rings. The molecule has 0 aliphatic heterocycles. The van der Waals surface area contributed by atoms with E-state index in [1.165, 1.54) is 64.2 Å². The first kappa shape index (κ1) is 21.7. The average Bonchev–Trinajstić information content (AvgIpc) is 2.32. The van der Waals surface area contributed by atoms with Crippen LogP contribution in [0.2, 0.25) is 0 Å². The normalized spacial score (nSPS) is 12.2. The van der Waals surface area contributed by atoms with Gasteiger partial charge in [0.15, 0.2) is 0 Å². The van der Waals surface area contributed by atoms with Crippen LogP contribution in [0.25, 0.3) is 0 Å². The van der Waals surface area contributed by atoms with Gasteiger partial charge in [-0.2, -0.15) is 0 Å². The fourth-order valence-electron chi connectivity index (χ4n) is 2.15. The Labute approximate surface area is 139 Å². The summed E-state index contributed by atoms with van der Waals surface area (Å²) >= 11 is 0. The monoisotopic (exact) mass is 284 g/mol. The van der Waals surface area contributed by atoms with Crippen LogP contribution in [-0.2, 0) is 0 Å². The van der Waals surface area contributed by atoms with Crippen LogP contribution >= 0.6 is 8.15 Å². The van der Waals surface area contributed by atoms with Crippen molar-refractivity contribution in [3.63, 3.8) is 0 Å². The maximum atomic E-state index is 9.64. The van der Waals surface area contributed by atoms with Gasteiger partial charge in [-0.15, -0.1) is 0 Å². The Hall–Kier alpha value is 1.39. The molecule has 1 N–H and O–H groups in total. The molecule has 0 saturated carbocycles. The van der Waals surface area contributed by atoms with Crippen molar-refractivity contribution >= 4 is 37.7 Å². The molecule has 0 spiro atoms. The first-order valence-corrected chi connectivity index (χ1v) is 9.41. The zero-order valence-corrected chi connectivity index (χ0v) is 13.0. The van der Waals surface area contributed by atoms with Gasteiger partial charge in [0.25, 0.3) is 0 Å². The molecule has 0 aliphatic carbocycles. The van der Waals surface area contributed by atoms with Crippen LogP contribution in [0.4, 0.5) is 0 Å². The van der Waals surface area contributed by atoms with Crippen molar-refractivity contribution in [3.05, 3.63) is 0 Å². The summed E-state index contributed by atoms with van der Waals surface area (Å²) in [6, 6.07) is 0. The second kappa shape index (κ2) is 18.4. The van der Waals surface area contributed by atoms with Gasteiger partial charge in [0.1, 0.15) is 0 Å². The molecule has 3 heteroatoms. The SMILES string of the molecule is CCCCCCCCCCCCP(O)CCC.[NaH]. The Bertz CT molecular complexity index is 144. The summed E-state index contributed by atoms with van der Waals surface area (Å²) < 4.78 is 0. The minimum atomic E-state index is -0.615. The average molecular weight is 284 g/mol. The van der Waals surface area contributed by atoms with Crippen LogP contribution in [0.1, 0.15) is 84.5 Å². The van der Waals surface area contributed by atoms with Gasteiger partial charge in [-0.05, 0) is 18.7 Å². The molecule has 18 heavy (non-hydrogen) atoms. The summed E-state index contributed by atoms with van der Waals surface area (Å²) in [5.74, 6) is 0. The van der Waals surface area contributed by atoms with Gasteiger partial charge < -0.3 is 4.89 Å². The third-order valence-electron chi connectivity index (χ3n) is 3.25. The predicted molar refractivity (Wildman–Crippen MR) is 88.2 cm³/mol. The summed E-state index contributed by atoms with van der Waals surface area (Å²) in [6.45, 7) is 4.43. The van der Waals surface area contributed by atoms with Crippen LogP contribution < -0.4 is 0 Å². The van der Waals surface area contributed by atoms with Crippen molar-refractivity contribution < 1.29 is 4.89 Å². The van der Waals surface area contributed by atoms with Crippen molar-refractivity contribution in [1.82, 2.24) is 0 Å². The van der Waals surface area contributed by atoms with Gasteiger partial charge in [0.05, 0.1) is 0 Å². The Morgan fingerprint density at radius 2 is 1.06 bits per heavy atom.